The highest BCUT2D eigenvalue weighted by atomic mass is 31.1. The van der Waals surface area contributed by atoms with Gasteiger partial charge in [0.05, 0.1) is 0 Å². The SMILES string of the molecule is Cc1ccccc1[P+](=O)C1CC1. The highest BCUT2D eigenvalue weighted by molar-refractivity contribution is 7.54. The van der Waals surface area contributed by atoms with Gasteiger partial charge in [-0.25, -0.2) is 0 Å². The van der Waals surface area contributed by atoms with Crippen LogP contribution in [-0.2, 0) is 4.57 Å². The first-order valence-corrected chi connectivity index (χ1v) is 5.64. The van der Waals surface area contributed by atoms with E-state index < -0.39 is 7.80 Å². The van der Waals surface area contributed by atoms with E-state index in [1.54, 1.807) is 0 Å². The van der Waals surface area contributed by atoms with E-state index in [1.807, 2.05) is 31.2 Å². The smallest absolute Gasteiger partial charge is 0.0677 e. The lowest BCUT2D eigenvalue weighted by Gasteiger charge is -1.91. The summed E-state index contributed by atoms with van der Waals surface area (Å²) in [5, 5.41) is 1.06. The second kappa shape index (κ2) is 2.99. The van der Waals surface area contributed by atoms with Crippen molar-refractivity contribution in [2.24, 2.45) is 0 Å². The van der Waals surface area contributed by atoms with Crippen LogP contribution in [0.15, 0.2) is 24.3 Å². The molecule has 1 aliphatic carbocycles. The Morgan fingerprint density at radius 1 is 1.33 bits per heavy atom. The zero-order valence-electron chi connectivity index (χ0n) is 7.16. The Labute approximate surface area is 73.6 Å². The van der Waals surface area contributed by atoms with E-state index in [9.17, 15) is 4.57 Å². The summed E-state index contributed by atoms with van der Waals surface area (Å²) in [6, 6.07) is 7.99. The lowest BCUT2D eigenvalue weighted by atomic mass is 10.2. The fourth-order valence-corrected chi connectivity index (χ4v) is 2.98. The molecule has 2 rings (SSSR count). The summed E-state index contributed by atoms with van der Waals surface area (Å²) in [6.07, 6.45) is 2.31. The van der Waals surface area contributed by atoms with Crippen LogP contribution in [0.5, 0.6) is 0 Å². The average Bonchev–Trinajstić information content (AvgIpc) is 2.86. The molecule has 1 aromatic rings. The summed E-state index contributed by atoms with van der Waals surface area (Å²) < 4.78 is 11.8. The summed E-state index contributed by atoms with van der Waals surface area (Å²) in [7, 11) is -1.09. The Hall–Kier alpha value is -0.680. The maximum absolute atomic E-state index is 11.8. The second-order valence-electron chi connectivity index (χ2n) is 3.34. The predicted octanol–water partition coefficient (Wildman–Crippen LogP) is 2.61. The molecule has 12 heavy (non-hydrogen) atoms. The summed E-state index contributed by atoms with van der Waals surface area (Å²) in [5.41, 5.74) is 1.66. The molecule has 0 aromatic heterocycles. The third-order valence-corrected chi connectivity index (χ3v) is 4.39. The van der Waals surface area contributed by atoms with Crippen LogP contribution >= 0.6 is 7.80 Å². The fourth-order valence-electron chi connectivity index (χ4n) is 1.32. The van der Waals surface area contributed by atoms with Crippen molar-refractivity contribution in [3.8, 4) is 0 Å². The summed E-state index contributed by atoms with van der Waals surface area (Å²) in [5.74, 6) is 0. The highest BCUT2D eigenvalue weighted by Gasteiger charge is 2.42. The third-order valence-electron chi connectivity index (χ3n) is 2.23. The van der Waals surface area contributed by atoms with E-state index >= 15 is 0 Å². The molecule has 1 nitrogen and oxygen atoms in total. The van der Waals surface area contributed by atoms with Crippen molar-refractivity contribution in [3.05, 3.63) is 29.8 Å². The predicted molar refractivity (Wildman–Crippen MR) is 51.4 cm³/mol. The van der Waals surface area contributed by atoms with E-state index in [4.69, 9.17) is 0 Å². The van der Waals surface area contributed by atoms with Gasteiger partial charge < -0.3 is 0 Å². The van der Waals surface area contributed by atoms with Crippen LogP contribution in [0.1, 0.15) is 18.4 Å². The number of rotatable bonds is 2. The topological polar surface area (TPSA) is 17.1 Å². The zero-order valence-corrected chi connectivity index (χ0v) is 8.05. The van der Waals surface area contributed by atoms with Crippen LogP contribution in [0, 0.1) is 6.92 Å². The third kappa shape index (κ3) is 1.42. The fraction of sp³-hybridized carbons (Fsp3) is 0.400. The molecule has 62 valence electrons. The maximum Gasteiger partial charge on any atom is 0.380 e. The first-order chi connectivity index (χ1) is 5.79. The molecule has 1 aliphatic rings. The molecule has 1 saturated carbocycles. The molecule has 2 heteroatoms. The largest absolute Gasteiger partial charge is 0.380 e. The molecule has 1 atom stereocenters. The van der Waals surface area contributed by atoms with Gasteiger partial charge in [0.25, 0.3) is 0 Å². The van der Waals surface area contributed by atoms with Gasteiger partial charge in [-0.1, -0.05) is 22.8 Å². The minimum atomic E-state index is -1.09. The molecule has 0 heterocycles. The van der Waals surface area contributed by atoms with E-state index in [0.717, 1.165) is 18.1 Å². The maximum atomic E-state index is 11.8. The van der Waals surface area contributed by atoms with Crippen LogP contribution in [-0.4, -0.2) is 5.66 Å². The Bertz CT molecular complexity index is 315. The van der Waals surface area contributed by atoms with Gasteiger partial charge in [-0.15, -0.1) is 0 Å². The van der Waals surface area contributed by atoms with Crippen molar-refractivity contribution in [2.75, 3.05) is 0 Å². The highest BCUT2D eigenvalue weighted by Crippen LogP contribution is 2.44. The molecule has 0 aliphatic heterocycles. The van der Waals surface area contributed by atoms with Crippen molar-refractivity contribution in [3.63, 3.8) is 0 Å². The molecule has 0 radical (unpaired) electrons. The van der Waals surface area contributed by atoms with Crippen LogP contribution < -0.4 is 5.30 Å². The Morgan fingerprint density at radius 3 is 2.58 bits per heavy atom. The van der Waals surface area contributed by atoms with Crippen molar-refractivity contribution in [1.82, 2.24) is 0 Å². The molecule has 0 N–H and O–H groups in total. The standard InChI is InChI=1S/C10H12OP/c1-8-4-2-3-5-10(8)12(11)9-6-7-9/h2-5,9H,6-7H2,1H3/q+1. The zero-order chi connectivity index (χ0) is 8.55. The Balaban J connectivity index is 2.32. The molecule has 1 aromatic carbocycles. The molecule has 0 saturated heterocycles. The van der Waals surface area contributed by atoms with Gasteiger partial charge in [-0.05, 0) is 25.8 Å². The number of benzene rings is 1. The van der Waals surface area contributed by atoms with E-state index in [2.05, 4.69) is 0 Å². The lowest BCUT2D eigenvalue weighted by molar-refractivity contribution is 0.592. The summed E-state index contributed by atoms with van der Waals surface area (Å²) in [6.45, 7) is 2.03. The van der Waals surface area contributed by atoms with E-state index in [1.165, 1.54) is 5.56 Å². The Kier molecular flexibility index (Phi) is 1.98. The molecular weight excluding hydrogens is 167 g/mol. The summed E-state index contributed by atoms with van der Waals surface area (Å²) >= 11 is 0. The van der Waals surface area contributed by atoms with E-state index in [-0.39, 0.29) is 0 Å². The van der Waals surface area contributed by atoms with Crippen molar-refractivity contribution >= 4 is 13.1 Å². The number of aryl methyl sites for hydroxylation is 1. The van der Waals surface area contributed by atoms with Crippen LogP contribution in [0.4, 0.5) is 0 Å². The number of hydrogen-bond acceptors (Lipinski definition) is 1. The monoisotopic (exact) mass is 179 g/mol. The van der Waals surface area contributed by atoms with Gasteiger partial charge in [0.2, 0.25) is 0 Å². The van der Waals surface area contributed by atoms with Gasteiger partial charge in [0.1, 0.15) is 0 Å². The molecule has 0 bridgehead atoms. The molecule has 1 fully saturated rings. The van der Waals surface area contributed by atoms with Gasteiger partial charge in [-0.2, -0.15) is 0 Å². The second-order valence-corrected chi connectivity index (χ2v) is 5.21. The average molecular weight is 179 g/mol. The van der Waals surface area contributed by atoms with Gasteiger partial charge in [0.15, 0.2) is 11.0 Å². The summed E-state index contributed by atoms with van der Waals surface area (Å²) in [4.78, 5) is 0. The molecular formula is C10H12OP+. The van der Waals surface area contributed by atoms with Gasteiger partial charge in [0, 0.05) is 5.56 Å². The molecule has 1 unspecified atom stereocenters. The minimum Gasteiger partial charge on any atom is -0.0677 e. The van der Waals surface area contributed by atoms with Gasteiger partial charge >= 0.3 is 7.80 Å². The van der Waals surface area contributed by atoms with Crippen molar-refractivity contribution in [1.29, 1.82) is 0 Å². The van der Waals surface area contributed by atoms with Gasteiger partial charge in [-0.3, -0.25) is 0 Å². The van der Waals surface area contributed by atoms with Crippen LogP contribution in [0.3, 0.4) is 0 Å². The van der Waals surface area contributed by atoms with Crippen molar-refractivity contribution < 1.29 is 4.57 Å². The molecule has 0 spiro atoms. The normalized spacial score (nSPS) is 17.6. The Morgan fingerprint density at radius 2 is 2.00 bits per heavy atom. The minimum absolute atomic E-state index is 0.487. The number of hydrogen-bond donors (Lipinski definition) is 0. The lowest BCUT2D eigenvalue weighted by Crippen LogP contribution is -2.02. The van der Waals surface area contributed by atoms with E-state index in [0.29, 0.717) is 5.66 Å². The quantitative estimate of drug-likeness (QED) is 0.638. The first-order valence-electron chi connectivity index (χ1n) is 4.31. The first kappa shape index (κ1) is 7.94. The van der Waals surface area contributed by atoms with Crippen molar-refractivity contribution in [2.45, 2.75) is 25.4 Å². The van der Waals surface area contributed by atoms with Crippen LogP contribution in [0.25, 0.3) is 0 Å². The molecule has 0 amide bonds. The van der Waals surface area contributed by atoms with Crippen LogP contribution in [0.2, 0.25) is 0 Å².